The van der Waals surface area contributed by atoms with Crippen LogP contribution in [0.2, 0.25) is 0 Å². The summed E-state index contributed by atoms with van der Waals surface area (Å²) in [5.74, 6) is 2.15. The SMILES string of the molecule is Cc1ccc(-c2cnn3c(N4CCN(c5ccccn5)CC4)cc(C)nc23)cc1. The molecule has 1 aromatic carbocycles. The number of hydrogen-bond acceptors (Lipinski definition) is 5. The quantitative estimate of drug-likeness (QED) is 0.539. The number of fused-ring (bicyclic) bond motifs is 1. The number of rotatable bonds is 3. The Morgan fingerprint density at radius 2 is 1.62 bits per heavy atom. The maximum Gasteiger partial charge on any atom is 0.165 e. The summed E-state index contributed by atoms with van der Waals surface area (Å²) in [5, 5.41) is 4.70. The first-order valence-corrected chi connectivity index (χ1v) is 10.0. The monoisotopic (exact) mass is 384 g/mol. The summed E-state index contributed by atoms with van der Waals surface area (Å²) in [5.41, 5.74) is 5.39. The van der Waals surface area contributed by atoms with Crippen molar-refractivity contribution < 1.29 is 0 Å². The molecule has 3 aromatic heterocycles. The predicted octanol–water partition coefficient (Wildman–Crippen LogP) is 3.73. The van der Waals surface area contributed by atoms with Gasteiger partial charge in [0.05, 0.1) is 6.20 Å². The van der Waals surface area contributed by atoms with E-state index in [9.17, 15) is 0 Å². The third kappa shape index (κ3) is 3.31. The summed E-state index contributed by atoms with van der Waals surface area (Å²) in [7, 11) is 0. The third-order valence-electron chi connectivity index (χ3n) is 5.52. The van der Waals surface area contributed by atoms with Gasteiger partial charge in [-0.1, -0.05) is 35.9 Å². The lowest BCUT2D eigenvalue weighted by Gasteiger charge is -2.36. The molecule has 6 nitrogen and oxygen atoms in total. The molecule has 1 fully saturated rings. The largest absolute Gasteiger partial charge is 0.353 e. The van der Waals surface area contributed by atoms with Crippen molar-refractivity contribution in [1.29, 1.82) is 0 Å². The van der Waals surface area contributed by atoms with Crippen LogP contribution in [0.1, 0.15) is 11.3 Å². The van der Waals surface area contributed by atoms with E-state index in [4.69, 9.17) is 10.1 Å². The van der Waals surface area contributed by atoms with Gasteiger partial charge in [0.15, 0.2) is 5.65 Å². The molecule has 0 N–H and O–H groups in total. The van der Waals surface area contributed by atoms with E-state index in [2.05, 4.69) is 65.0 Å². The van der Waals surface area contributed by atoms with Gasteiger partial charge < -0.3 is 9.80 Å². The summed E-state index contributed by atoms with van der Waals surface area (Å²) in [6.07, 6.45) is 3.79. The zero-order valence-corrected chi connectivity index (χ0v) is 16.8. The average Bonchev–Trinajstić information content (AvgIpc) is 3.18. The molecule has 0 spiro atoms. The first kappa shape index (κ1) is 17.7. The molecule has 1 saturated heterocycles. The second kappa shape index (κ2) is 7.20. The summed E-state index contributed by atoms with van der Waals surface area (Å²) in [4.78, 5) is 14.0. The van der Waals surface area contributed by atoms with Crippen LogP contribution >= 0.6 is 0 Å². The molecule has 5 rings (SSSR count). The smallest absolute Gasteiger partial charge is 0.165 e. The zero-order valence-electron chi connectivity index (χ0n) is 16.8. The molecule has 0 amide bonds. The first-order valence-electron chi connectivity index (χ1n) is 10.0. The van der Waals surface area contributed by atoms with Crippen LogP contribution in [0, 0.1) is 13.8 Å². The van der Waals surface area contributed by atoms with Crippen molar-refractivity contribution >= 4 is 17.3 Å². The summed E-state index contributed by atoms with van der Waals surface area (Å²) in [6, 6.07) is 16.8. The second-order valence-corrected chi connectivity index (χ2v) is 7.58. The van der Waals surface area contributed by atoms with E-state index in [0.29, 0.717) is 0 Å². The Labute approximate surface area is 170 Å². The van der Waals surface area contributed by atoms with Crippen molar-refractivity contribution in [1.82, 2.24) is 19.6 Å². The van der Waals surface area contributed by atoms with Crippen LogP contribution in [0.15, 0.2) is 60.9 Å². The molecular weight excluding hydrogens is 360 g/mol. The Morgan fingerprint density at radius 3 is 2.34 bits per heavy atom. The molecule has 0 unspecified atom stereocenters. The van der Waals surface area contributed by atoms with Crippen LogP contribution in [-0.2, 0) is 0 Å². The van der Waals surface area contributed by atoms with E-state index in [1.165, 1.54) is 5.56 Å². The first-order chi connectivity index (χ1) is 14.2. The number of anilines is 2. The number of hydrogen-bond donors (Lipinski definition) is 0. The van der Waals surface area contributed by atoms with Crippen molar-refractivity contribution in [2.45, 2.75) is 13.8 Å². The molecule has 0 bridgehead atoms. The molecule has 29 heavy (non-hydrogen) atoms. The minimum absolute atomic E-state index is 0.913. The van der Waals surface area contributed by atoms with E-state index in [-0.39, 0.29) is 0 Å². The fourth-order valence-electron chi connectivity index (χ4n) is 3.93. The summed E-state index contributed by atoms with van der Waals surface area (Å²) < 4.78 is 1.98. The van der Waals surface area contributed by atoms with Crippen LogP contribution < -0.4 is 9.80 Å². The zero-order chi connectivity index (χ0) is 19.8. The van der Waals surface area contributed by atoms with Gasteiger partial charge in [0.25, 0.3) is 0 Å². The molecule has 4 aromatic rings. The number of nitrogens with zero attached hydrogens (tertiary/aromatic N) is 6. The Balaban J connectivity index is 1.46. The van der Waals surface area contributed by atoms with Gasteiger partial charge >= 0.3 is 0 Å². The van der Waals surface area contributed by atoms with Gasteiger partial charge in [0, 0.05) is 49.7 Å². The minimum atomic E-state index is 0.913. The molecule has 1 aliphatic rings. The van der Waals surface area contributed by atoms with Gasteiger partial charge in [-0.25, -0.2) is 9.97 Å². The lowest BCUT2D eigenvalue weighted by Crippen LogP contribution is -2.47. The molecule has 0 atom stereocenters. The topological polar surface area (TPSA) is 49.6 Å². The number of benzene rings is 1. The normalized spacial score (nSPS) is 14.6. The van der Waals surface area contributed by atoms with Crippen molar-refractivity contribution in [3.63, 3.8) is 0 Å². The number of pyridine rings is 1. The molecule has 0 radical (unpaired) electrons. The van der Waals surface area contributed by atoms with E-state index >= 15 is 0 Å². The fraction of sp³-hybridized carbons (Fsp3) is 0.261. The van der Waals surface area contributed by atoms with Crippen molar-refractivity contribution in [3.05, 3.63) is 72.2 Å². The van der Waals surface area contributed by atoms with Crippen LogP contribution in [-0.4, -0.2) is 45.8 Å². The molecule has 146 valence electrons. The lowest BCUT2D eigenvalue weighted by molar-refractivity contribution is 0.633. The molecule has 6 heteroatoms. The highest BCUT2D eigenvalue weighted by atomic mass is 15.4. The summed E-state index contributed by atoms with van der Waals surface area (Å²) >= 11 is 0. The average molecular weight is 384 g/mol. The number of aromatic nitrogens is 4. The van der Waals surface area contributed by atoms with Crippen molar-refractivity contribution in [2.24, 2.45) is 0 Å². The van der Waals surface area contributed by atoms with E-state index in [0.717, 1.165) is 60.3 Å². The highest BCUT2D eigenvalue weighted by Gasteiger charge is 2.22. The van der Waals surface area contributed by atoms with E-state index in [1.54, 1.807) is 0 Å². The van der Waals surface area contributed by atoms with E-state index < -0.39 is 0 Å². The van der Waals surface area contributed by atoms with E-state index in [1.807, 2.05) is 29.0 Å². The van der Waals surface area contributed by atoms with Gasteiger partial charge in [-0.2, -0.15) is 9.61 Å². The maximum absolute atomic E-state index is 4.81. The van der Waals surface area contributed by atoms with Crippen LogP contribution in [0.5, 0.6) is 0 Å². The summed E-state index contributed by atoms with van der Waals surface area (Å²) in [6.45, 7) is 7.88. The fourth-order valence-corrected chi connectivity index (χ4v) is 3.93. The highest BCUT2D eigenvalue weighted by molar-refractivity contribution is 5.78. The van der Waals surface area contributed by atoms with Gasteiger partial charge in [-0.3, -0.25) is 0 Å². The Kier molecular flexibility index (Phi) is 4.39. The van der Waals surface area contributed by atoms with Crippen LogP contribution in [0.25, 0.3) is 16.8 Å². The van der Waals surface area contributed by atoms with Gasteiger partial charge in [-0.05, 0) is 31.5 Å². The highest BCUT2D eigenvalue weighted by Crippen LogP contribution is 2.28. The van der Waals surface area contributed by atoms with Gasteiger partial charge in [-0.15, -0.1) is 0 Å². The molecule has 4 heterocycles. The van der Waals surface area contributed by atoms with Gasteiger partial charge in [0.1, 0.15) is 11.6 Å². The third-order valence-corrected chi connectivity index (χ3v) is 5.52. The number of aryl methyl sites for hydroxylation is 2. The number of piperazine rings is 1. The Morgan fingerprint density at radius 1 is 0.862 bits per heavy atom. The predicted molar refractivity (Wildman–Crippen MR) is 117 cm³/mol. The van der Waals surface area contributed by atoms with Crippen molar-refractivity contribution in [2.75, 3.05) is 36.0 Å². The minimum Gasteiger partial charge on any atom is -0.353 e. The van der Waals surface area contributed by atoms with Crippen molar-refractivity contribution in [3.8, 4) is 11.1 Å². The molecule has 1 aliphatic heterocycles. The molecule has 0 saturated carbocycles. The van der Waals surface area contributed by atoms with Gasteiger partial charge in [0.2, 0.25) is 0 Å². The lowest BCUT2D eigenvalue weighted by atomic mass is 10.1. The second-order valence-electron chi connectivity index (χ2n) is 7.58. The van der Waals surface area contributed by atoms with Crippen LogP contribution in [0.3, 0.4) is 0 Å². The maximum atomic E-state index is 4.81. The Bertz CT molecular complexity index is 1130. The standard InChI is InChI=1S/C23H24N6/c1-17-6-8-19(9-7-17)20-16-25-29-22(15-18(2)26-23(20)29)28-13-11-27(12-14-28)21-5-3-4-10-24-21/h3-10,15-16H,11-14H2,1-2H3. The molecule has 0 aliphatic carbocycles. The Hall–Kier alpha value is -3.41. The molecular formula is C23H24N6. The van der Waals surface area contributed by atoms with Crippen LogP contribution in [0.4, 0.5) is 11.6 Å².